The van der Waals surface area contributed by atoms with Gasteiger partial charge < -0.3 is 4.74 Å². The highest BCUT2D eigenvalue weighted by Gasteiger charge is 2.16. The third-order valence-electron chi connectivity index (χ3n) is 1.45. The van der Waals surface area contributed by atoms with Crippen molar-refractivity contribution in [3.05, 3.63) is 12.2 Å². The number of nitrogens with zero attached hydrogens (tertiary/aromatic N) is 2. The molecular weight excluding hydrogens is 250 g/mol. The van der Waals surface area contributed by atoms with Crippen molar-refractivity contribution in [2.45, 2.75) is 26.5 Å². The van der Waals surface area contributed by atoms with Gasteiger partial charge in [0, 0.05) is 0 Å². The first-order valence-electron chi connectivity index (χ1n) is 4.71. The number of aromatic amines is 1. The Morgan fingerprint density at radius 1 is 1.59 bits per heavy atom. The van der Waals surface area contributed by atoms with E-state index in [0.29, 0.717) is 5.82 Å². The molecule has 96 valence electrons. The van der Waals surface area contributed by atoms with Crippen LogP contribution in [-0.4, -0.2) is 35.8 Å². The van der Waals surface area contributed by atoms with Crippen LogP contribution in [0.25, 0.3) is 0 Å². The molecule has 0 spiro atoms. The number of amides is 1. The normalized spacial score (nSPS) is 11.5. The van der Waals surface area contributed by atoms with Gasteiger partial charge in [-0.2, -0.15) is 18.2 Å². The molecule has 0 saturated carbocycles. The number of aromatic nitrogens is 3. The summed E-state index contributed by atoms with van der Waals surface area (Å²) >= 11 is 0. The molecule has 0 fully saturated rings. The quantitative estimate of drug-likeness (QED) is 0.643. The van der Waals surface area contributed by atoms with E-state index in [1.165, 1.54) is 6.33 Å². The Labute approximate surface area is 98.1 Å². The van der Waals surface area contributed by atoms with E-state index in [0.717, 1.165) is 0 Å². The van der Waals surface area contributed by atoms with Gasteiger partial charge in [-0.25, -0.2) is 14.5 Å². The zero-order valence-electron chi connectivity index (χ0n) is 9.30. The summed E-state index contributed by atoms with van der Waals surface area (Å²) in [5.41, 5.74) is 0. The Balaban J connectivity index is 2.43. The molecule has 0 aliphatic heterocycles. The number of carbonyl (C=O) groups is 1. The molecule has 0 aromatic carbocycles. The number of nitrogens with one attached hydrogen (secondary N) is 3. The van der Waals surface area contributed by atoms with Gasteiger partial charge in [0.05, 0.1) is 12.6 Å². The maximum absolute atomic E-state index is 11.3. The fraction of sp³-hybridized carbons (Fsp3) is 0.571. The Hall–Kier alpha value is -1.68. The molecule has 0 aliphatic rings. The molecule has 0 radical (unpaired) electrons. The SMILES string of the molecule is CC(C)OC(=O)NS(=O)(=O)NCc1ncn[nH]1. The van der Waals surface area contributed by atoms with E-state index < -0.39 is 22.4 Å². The second-order valence-corrected chi connectivity index (χ2v) is 4.81. The van der Waals surface area contributed by atoms with Crippen LogP contribution in [0.15, 0.2) is 6.33 Å². The average Bonchev–Trinajstić information content (AvgIpc) is 2.64. The van der Waals surface area contributed by atoms with Gasteiger partial charge in [0.2, 0.25) is 0 Å². The molecule has 0 saturated heterocycles. The summed E-state index contributed by atoms with van der Waals surface area (Å²) < 4.78 is 31.1. The summed E-state index contributed by atoms with van der Waals surface area (Å²) in [5.74, 6) is 0.326. The molecule has 1 amide bonds. The molecule has 0 aliphatic carbocycles. The number of carbonyl (C=O) groups excluding carboxylic acids is 1. The van der Waals surface area contributed by atoms with Crippen LogP contribution in [0.2, 0.25) is 0 Å². The third kappa shape index (κ3) is 5.26. The van der Waals surface area contributed by atoms with Crippen molar-refractivity contribution < 1.29 is 17.9 Å². The van der Waals surface area contributed by atoms with Gasteiger partial charge in [0.15, 0.2) is 0 Å². The van der Waals surface area contributed by atoms with E-state index in [1.807, 2.05) is 0 Å². The molecular formula is C7H13N5O4S. The van der Waals surface area contributed by atoms with Crippen LogP contribution in [0.1, 0.15) is 19.7 Å². The van der Waals surface area contributed by atoms with Crippen LogP contribution >= 0.6 is 0 Å². The van der Waals surface area contributed by atoms with Gasteiger partial charge in [-0.1, -0.05) is 0 Å². The molecule has 0 atom stereocenters. The van der Waals surface area contributed by atoms with E-state index in [4.69, 9.17) is 0 Å². The largest absolute Gasteiger partial charge is 0.446 e. The lowest BCUT2D eigenvalue weighted by atomic mass is 10.5. The fourth-order valence-electron chi connectivity index (χ4n) is 0.863. The molecule has 0 unspecified atom stereocenters. The number of H-pyrrole nitrogens is 1. The van der Waals surface area contributed by atoms with E-state index in [2.05, 4.69) is 24.6 Å². The Morgan fingerprint density at radius 2 is 2.29 bits per heavy atom. The molecule has 1 aromatic heterocycles. The summed E-state index contributed by atoms with van der Waals surface area (Å²) in [7, 11) is -3.96. The van der Waals surface area contributed by atoms with Crippen LogP contribution in [0.3, 0.4) is 0 Å². The smallest absolute Gasteiger partial charge is 0.422 e. The van der Waals surface area contributed by atoms with Crippen LogP contribution in [-0.2, 0) is 21.5 Å². The predicted molar refractivity (Wildman–Crippen MR) is 56.9 cm³/mol. The lowest BCUT2D eigenvalue weighted by Crippen LogP contribution is -2.41. The van der Waals surface area contributed by atoms with Gasteiger partial charge in [-0.05, 0) is 13.8 Å². The molecule has 1 heterocycles. The molecule has 9 nitrogen and oxygen atoms in total. The first-order chi connectivity index (χ1) is 7.89. The summed E-state index contributed by atoms with van der Waals surface area (Å²) in [6.45, 7) is 3.10. The zero-order valence-corrected chi connectivity index (χ0v) is 10.1. The molecule has 0 bridgehead atoms. The minimum atomic E-state index is -3.96. The lowest BCUT2D eigenvalue weighted by molar-refractivity contribution is 0.121. The molecule has 1 aromatic rings. The van der Waals surface area contributed by atoms with Crippen molar-refractivity contribution >= 4 is 16.3 Å². The standard InChI is InChI=1S/C7H13N5O4S/c1-5(2)16-7(13)12-17(14,15)10-3-6-8-4-9-11-6/h4-5,10H,3H2,1-2H3,(H,12,13)(H,8,9,11). The lowest BCUT2D eigenvalue weighted by Gasteiger charge is -2.10. The monoisotopic (exact) mass is 263 g/mol. The van der Waals surface area contributed by atoms with Gasteiger partial charge in [-0.15, -0.1) is 0 Å². The summed E-state index contributed by atoms with van der Waals surface area (Å²) in [5, 5.41) is 6.00. The maximum Gasteiger partial charge on any atom is 0.422 e. The van der Waals surface area contributed by atoms with Crippen molar-refractivity contribution in [1.82, 2.24) is 24.6 Å². The first-order valence-corrected chi connectivity index (χ1v) is 6.19. The van der Waals surface area contributed by atoms with Crippen molar-refractivity contribution in [1.29, 1.82) is 0 Å². The Kier molecular flexibility index (Phi) is 4.40. The first kappa shape index (κ1) is 13.4. The average molecular weight is 263 g/mol. The number of rotatable bonds is 5. The van der Waals surface area contributed by atoms with Gasteiger partial charge >= 0.3 is 16.3 Å². The Morgan fingerprint density at radius 3 is 2.82 bits per heavy atom. The number of ether oxygens (including phenoxy) is 1. The van der Waals surface area contributed by atoms with E-state index in [1.54, 1.807) is 18.6 Å². The topological polar surface area (TPSA) is 126 Å². The minimum absolute atomic E-state index is 0.107. The summed E-state index contributed by atoms with van der Waals surface area (Å²) in [6.07, 6.45) is -0.200. The Bertz CT molecular complexity index is 455. The number of hydrogen-bond donors (Lipinski definition) is 3. The highest BCUT2D eigenvalue weighted by Crippen LogP contribution is 1.91. The highest BCUT2D eigenvalue weighted by atomic mass is 32.2. The number of hydrogen-bond acceptors (Lipinski definition) is 6. The van der Waals surface area contributed by atoms with Gasteiger partial charge in [-0.3, -0.25) is 5.10 Å². The maximum atomic E-state index is 11.3. The second kappa shape index (κ2) is 5.59. The highest BCUT2D eigenvalue weighted by molar-refractivity contribution is 7.88. The van der Waals surface area contributed by atoms with Crippen LogP contribution in [0, 0.1) is 0 Å². The van der Waals surface area contributed by atoms with E-state index in [9.17, 15) is 13.2 Å². The van der Waals surface area contributed by atoms with Crippen molar-refractivity contribution in [2.75, 3.05) is 0 Å². The van der Waals surface area contributed by atoms with E-state index >= 15 is 0 Å². The minimum Gasteiger partial charge on any atom is -0.446 e. The van der Waals surface area contributed by atoms with Crippen LogP contribution < -0.4 is 9.44 Å². The van der Waals surface area contributed by atoms with Crippen LogP contribution in [0.4, 0.5) is 4.79 Å². The van der Waals surface area contributed by atoms with E-state index in [-0.39, 0.29) is 6.54 Å². The predicted octanol–water partition coefficient (Wildman–Crippen LogP) is -0.726. The molecule has 3 N–H and O–H groups in total. The van der Waals surface area contributed by atoms with Gasteiger partial charge in [0.1, 0.15) is 12.2 Å². The molecule has 1 rings (SSSR count). The molecule has 17 heavy (non-hydrogen) atoms. The zero-order chi connectivity index (χ0) is 12.9. The summed E-state index contributed by atoms with van der Waals surface area (Å²) in [6, 6.07) is 0. The molecule has 10 heteroatoms. The third-order valence-corrected chi connectivity index (χ3v) is 2.41. The van der Waals surface area contributed by atoms with Crippen molar-refractivity contribution in [2.24, 2.45) is 0 Å². The second-order valence-electron chi connectivity index (χ2n) is 3.31. The summed E-state index contributed by atoms with van der Waals surface area (Å²) in [4.78, 5) is 14.8. The van der Waals surface area contributed by atoms with Crippen molar-refractivity contribution in [3.63, 3.8) is 0 Å². The van der Waals surface area contributed by atoms with Crippen LogP contribution in [0.5, 0.6) is 0 Å². The fourth-order valence-corrected chi connectivity index (χ4v) is 1.53. The van der Waals surface area contributed by atoms with Crippen molar-refractivity contribution in [3.8, 4) is 0 Å². The van der Waals surface area contributed by atoms with Gasteiger partial charge in [0.25, 0.3) is 0 Å².